The Balaban J connectivity index is 1.57. The molecule has 0 aromatic carbocycles. The molecule has 126 valence electrons. The van der Waals surface area contributed by atoms with Gasteiger partial charge in [0.1, 0.15) is 11.4 Å². The molecule has 1 fully saturated rings. The molecular formula is C18H22N4O2. The van der Waals surface area contributed by atoms with Gasteiger partial charge >= 0.3 is 0 Å². The Morgan fingerprint density at radius 3 is 2.96 bits per heavy atom. The SMILES string of the molecule is Cc1cnc([C@H]2CCCN(C(=O)c3cc4c([nH]c3=O)CCC4)C2)[nH]1. The highest BCUT2D eigenvalue weighted by molar-refractivity contribution is 5.94. The lowest BCUT2D eigenvalue weighted by molar-refractivity contribution is 0.0703. The van der Waals surface area contributed by atoms with Crippen molar-refractivity contribution < 1.29 is 4.79 Å². The zero-order valence-corrected chi connectivity index (χ0v) is 13.9. The standard InChI is InChI=1S/C18H22N4O2/c1-11-9-19-16(20-11)13-5-3-7-22(10-13)18(24)14-8-12-4-2-6-15(12)21-17(14)23/h8-9,13H,2-7,10H2,1H3,(H,19,20)(H,21,23)/t13-/m0/s1. The number of carbonyl (C=O) groups is 1. The Kier molecular flexibility index (Phi) is 3.75. The van der Waals surface area contributed by atoms with E-state index in [1.807, 2.05) is 19.2 Å². The minimum atomic E-state index is -0.253. The summed E-state index contributed by atoms with van der Waals surface area (Å²) in [6, 6.07) is 1.81. The summed E-state index contributed by atoms with van der Waals surface area (Å²) in [7, 11) is 0. The van der Waals surface area contributed by atoms with Crippen LogP contribution in [0.3, 0.4) is 0 Å². The first-order valence-electron chi connectivity index (χ1n) is 8.67. The number of nitrogens with zero attached hydrogens (tertiary/aromatic N) is 2. The van der Waals surface area contributed by atoms with E-state index in [1.165, 1.54) is 0 Å². The van der Waals surface area contributed by atoms with E-state index in [0.29, 0.717) is 13.1 Å². The van der Waals surface area contributed by atoms with E-state index in [0.717, 1.165) is 54.9 Å². The van der Waals surface area contributed by atoms with Gasteiger partial charge in [0.2, 0.25) is 0 Å². The quantitative estimate of drug-likeness (QED) is 0.884. The van der Waals surface area contributed by atoms with Crippen molar-refractivity contribution in [3.05, 3.63) is 51.0 Å². The first-order valence-corrected chi connectivity index (χ1v) is 8.67. The second-order valence-electron chi connectivity index (χ2n) is 6.91. The minimum absolute atomic E-state index is 0.154. The number of likely N-dealkylation sites (tertiary alicyclic amines) is 1. The van der Waals surface area contributed by atoms with Gasteiger partial charge in [-0.05, 0) is 50.7 Å². The third-order valence-electron chi connectivity index (χ3n) is 5.14. The van der Waals surface area contributed by atoms with E-state index in [2.05, 4.69) is 15.0 Å². The average molecular weight is 326 g/mol. The summed E-state index contributed by atoms with van der Waals surface area (Å²) >= 11 is 0. The summed E-state index contributed by atoms with van der Waals surface area (Å²) in [5, 5.41) is 0. The fraction of sp³-hybridized carbons (Fsp3) is 0.500. The fourth-order valence-corrected chi connectivity index (χ4v) is 3.87. The van der Waals surface area contributed by atoms with Gasteiger partial charge in [-0.15, -0.1) is 0 Å². The Labute approximate surface area is 140 Å². The predicted molar refractivity (Wildman–Crippen MR) is 90.3 cm³/mol. The van der Waals surface area contributed by atoms with E-state index in [9.17, 15) is 9.59 Å². The van der Waals surface area contributed by atoms with Crippen LogP contribution < -0.4 is 5.56 Å². The highest BCUT2D eigenvalue weighted by Crippen LogP contribution is 2.26. The van der Waals surface area contributed by atoms with Gasteiger partial charge in [-0.2, -0.15) is 0 Å². The number of aryl methyl sites for hydroxylation is 3. The summed E-state index contributed by atoms with van der Waals surface area (Å²) in [4.78, 5) is 37.6. The van der Waals surface area contributed by atoms with Crippen molar-refractivity contribution in [1.29, 1.82) is 0 Å². The lowest BCUT2D eigenvalue weighted by Gasteiger charge is -2.31. The molecule has 6 nitrogen and oxygen atoms in total. The van der Waals surface area contributed by atoms with Crippen molar-refractivity contribution in [3.63, 3.8) is 0 Å². The molecule has 4 rings (SSSR count). The van der Waals surface area contributed by atoms with Crippen LogP contribution in [0, 0.1) is 6.92 Å². The van der Waals surface area contributed by atoms with E-state index >= 15 is 0 Å². The lowest BCUT2D eigenvalue weighted by Crippen LogP contribution is -2.41. The molecular weight excluding hydrogens is 304 g/mol. The highest BCUT2D eigenvalue weighted by Gasteiger charge is 2.29. The number of rotatable bonds is 2. The normalized spacial score (nSPS) is 20.2. The van der Waals surface area contributed by atoms with Crippen molar-refractivity contribution in [1.82, 2.24) is 19.9 Å². The molecule has 0 unspecified atom stereocenters. The van der Waals surface area contributed by atoms with Crippen LogP contribution in [-0.2, 0) is 12.8 Å². The van der Waals surface area contributed by atoms with Crippen molar-refractivity contribution in [3.8, 4) is 0 Å². The summed E-state index contributed by atoms with van der Waals surface area (Å²) in [6.45, 7) is 3.29. The average Bonchev–Trinajstić information content (AvgIpc) is 3.22. The van der Waals surface area contributed by atoms with Gasteiger partial charge in [-0.3, -0.25) is 9.59 Å². The summed E-state index contributed by atoms with van der Waals surface area (Å²) < 4.78 is 0. The van der Waals surface area contributed by atoms with Gasteiger partial charge in [0.25, 0.3) is 11.5 Å². The van der Waals surface area contributed by atoms with Crippen LogP contribution in [0.15, 0.2) is 17.1 Å². The number of amides is 1. The number of hydrogen-bond donors (Lipinski definition) is 2. The van der Waals surface area contributed by atoms with Crippen LogP contribution in [0.4, 0.5) is 0 Å². The lowest BCUT2D eigenvalue weighted by atomic mass is 9.96. The number of hydrogen-bond acceptors (Lipinski definition) is 3. The maximum atomic E-state index is 12.9. The molecule has 6 heteroatoms. The Morgan fingerprint density at radius 1 is 1.29 bits per heavy atom. The predicted octanol–water partition coefficient (Wildman–Crippen LogP) is 1.91. The van der Waals surface area contributed by atoms with E-state index < -0.39 is 0 Å². The first kappa shape index (κ1) is 15.2. The number of nitrogens with one attached hydrogen (secondary N) is 2. The number of fused-ring (bicyclic) bond motifs is 1. The number of pyridine rings is 1. The van der Waals surface area contributed by atoms with Crippen LogP contribution in [0.1, 0.15) is 58.3 Å². The molecule has 2 aliphatic rings. The third-order valence-corrected chi connectivity index (χ3v) is 5.14. The van der Waals surface area contributed by atoms with E-state index in [1.54, 1.807) is 4.90 Å². The van der Waals surface area contributed by atoms with Crippen LogP contribution in [0.5, 0.6) is 0 Å². The van der Waals surface area contributed by atoms with E-state index in [4.69, 9.17) is 0 Å². The summed E-state index contributed by atoms with van der Waals surface area (Å²) in [5.41, 5.74) is 3.18. The van der Waals surface area contributed by atoms with Crippen molar-refractivity contribution in [2.24, 2.45) is 0 Å². The van der Waals surface area contributed by atoms with Crippen molar-refractivity contribution in [2.45, 2.75) is 44.9 Å². The van der Waals surface area contributed by atoms with Gasteiger partial charge in [-0.25, -0.2) is 4.98 Å². The summed E-state index contributed by atoms with van der Waals surface area (Å²) in [5.74, 6) is 0.997. The van der Waals surface area contributed by atoms with Gasteiger partial charge in [0, 0.05) is 36.6 Å². The zero-order chi connectivity index (χ0) is 16.7. The highest BCUT2D eigenvalue weighted by atomic mass is 16.2. The Morgan fingerprint density at radius 2 is 2.17 bits per heavy atom. The summed E-state index contributed by atoms with van der Waals surface area (Å²) in [6.07, 6.45) is 6.66. The zero-order valence-electron chi connectivity index (χ0n) is 13.9. The molecule has 2 N–H and O–H groups in total. The van der Waals surface area contributed by atoms with Crippen LogP contribution in [0.25, 0.3) is 0 Å². The molecule has 2 aromatic rings. The first-order chi connectivity index (χ1) is 11.6. The fourth-order valence-electron chi connectivity index (χ4n) is 3.87. The Hall–Kier alpha value is -2.37. The minimum Gasteiger partial charge on any atom is -0.346 e. The molecule has 24 heavy (non-hydrogen) atoms. The maximum absolute atomic E-state index is 12.9. The van der Waals surface area contributed by atoms with Gasteiger partial charge in [0.05, 0.1) is 0 Å². The largest absolute Gasteiger partial charge is 0.346 e. The molecule has 0 radical (unpaired) electrons. The monoisotopic (exact) mass is 326 g/mol. The van der Waals surface area contributed by atoms with Gasteiger partial charge in [-0.1, -0.05) is 0 Å². The Bertz CT molecular complexity index is 836. The number of carbonyl (C=O) groups excluding carboxylic acids is 1. The number of aromatic nitrogens is 3. The molecule has 2 aromatic heterocycles. The molecule has 1 aliphatic heterocycles. The number of aromatic amines is 2. The van der Waals surface area contributed by atoms with Crippen molar-refractivity contribution >= 4 is 5.91 Å². The molecule has 3 heterocycles. The molecule has 0 saturated carbocycles. The third kappa shape index (κ3) is 2.66. The second kappa shape index (κ2) is 5.92. The van der Waals surface area contributed by atoms with Crippen molar-refractivity contribution in [2.75, 3.05) is 13.1 Å². The second-order valence-corrected chi connectivity index (χ2v) is 6.91. The molecule has 1 atom stereocenters. The molecule has 1 aliphatic carbocycles. The van der Waals surface area contributed by atoms with Gasteiger partial charge in [0.15, 0.2) is 0 Å². The van der Waals surface area contributed by atoms with Crippen LogP contribution in [0.2, 0.25) is 0 Å². The number of piperidine rings is 1. The maximum Gasteiger partial charge on any atom is 0.261 e. The molecule has 0 bridgehead atoms. The molecule has 1 amide bonds. The number of H-pyrrole nitrogens is 2. The van der Waals surface area contributed by atoms with Crippen LogP contribution >= 0.6 is 0 Å². The van der Waals surface area contributed by atoms with E-state index in [-0.39, 0.29) is 22.9 Å². The van der Waals surface area contributed by atoms with Gasteiger partial charge < -0.3 is 14.9 Å². The topological polar surface area (TPSA) is 81.8 Å². The van der Waals surface area contributed by atoms with Crippen LogP contribution in [-0.4, -0.2) is 38.8 Å². The molecule has 1 saturated heterocycles. The smallest absolute Gasteiger partial charge is 0.261 e. The number of imidazole rings is 1. The molecule has 0 spiro atoms.